The van der Waals surface area contributed by atoms with Crippen LogP contribution < -0.4 is 0 Å². The molecule has 2 aliphatic rings. The van der Waals surface area contributed by atoms with Crippen molar-refractivity contribution in [2.45, 2.75) is 25.8 Å². The maximum absolute atomic E-state index is 13.7. The molecule has 0 spiro atoms. The molecule has 0 amide bonds. The van der Waals surface area contributed by atoms with Gasteiger partial charge in [0.25, 0.3) is 0 Å². The second kappa shape index (κ2) is 8.66. The number of rotatable bonds is 5. The van der Waals surface area contributed by atoms with E-state index < -0.39 is 12.0 Å². The number of hydrogen-bond acceptors (Lipinski definition) is 7. The van der Waals surface area contributed by atoms with Crippen LogP contribution in [0.15, 0.2) is 50.5 Å². The van der Waals surface area contributed by atoms with Crippen LogP contribution in [-0.4, -0.2) is 34.8 Å². The van der Waals surface area contributed by atoms with Crippen LogP contribution >= 0.6 is 27.3 Å². The van der Waals surface area contributed by atoms with Gasteiger partial charge in [0, 0.05) is 34.7 Å². The van der Waals surface area contributed by atoms with Crippen LogP contribution in [0.25, 0.3) is 0 Å². The van der Waals surface area contributed by atoms with E-state index in [2.05, 4.69) is 27.0 Å². The highest BCUT2D eigenvalue weighted by molar-refractivity contribution is 9.10. The number of hydrogen-bond donors (Lipinski definition) is 0. The summed E-state index contributed by atoms with van der Waals surface area (Å²) in [6.45, 7) is 2.57. The van der Waals surface area contributed by atoms with Crippen LogP contribution in [0.4, 0.5) is 4.39 Å². The van der Waals surface area contributed by atoms with Gasteiger partial charge in [0.15, 0.2) is 10.8 Å². The number of nitriles is 1. The van der Waals surface area contributed by atoms with Crippen LogP contribution in [0.3, 0.4) is 0 Å². The summed E-state index contributed by atoms with van der Waals surface area (Å²) in [4.78, 5) is 24.3. The molecule has 0 aliphatic carbocycles. The van der Waals surface area contributed by atoms with Crippen molar-refractivity contribution in [3.8, 4) is 6.07 Å². The summed E-state index contributed by atoms with van der Waals surface area (Å²) in [7, 11) is 0. The molecule has 0 saturated carbocycles. The molecule has 0 N–H and O–H groups in total. The molecule has 30 heavy (non-hydrogen) atoms. The highest BCUT2D eigenvalue weighted by Gasteiger charge is 2.42. The molecule has 3 heterocycles. The first-order valence-corrected chi connectivity index (χ1v) is 11.2. The fourth-order valence-electron chi connectivity index (χ4n) is 3.86. The van der Waals surface area contributed by atoms with Crippen molar-refractivity contribution in [3.05, 3.63) is 61.9 Å². The minimum absolute atomic E-state index is 0.0787. The van der Waals surface area contributed by atoms with E-state index in [9.17, 15) is 14.4 Å². The number of benzene rings is 1. The molecule has 2 atom stereocenters. The lowest BCUT2D eigenvalue weighted by Crippen LogP contribution is -2.35. The number of carbonyl (C=O) groups is 1. The number of esters is 1. The second-order valence-electron chi connectivity index (χ2n) is 6.98. The summed E-state index contributed by atoms with van der Waals surface area (Å²) < 4.78 is 19.6. The first-order valence-electron chi connectivity index (χ1n) is 9.50. The fraction of sp³-hybridized carbons (Fsp3) is 0.333. The van der Waals surface area contributed by atoms with Crippen molar-refractivity contribution < 1.29 is 13.9 Å². The van der Waals surface area contributed by atoms with E-state index >= 15 is 0 Å². The van der Waals surface area contributed by atoms with Crippen molar-refractivity contribution in [2.24, 2.45) is 10.9 Å². The van der Waals surface area contributed by atoms with Gasteiger partial charge < -0.3 is 9.64 Å². The highest BCUT2D eigenvalue weighted by Crippen LogP contribution is 2.44. The molecule has 1 saturated heterocycles. The zero-order valence-corrected chi connectivity index (χ0v) is 18.5. The van der Waals surface area contributed by atoms with Gasteiger partial charge in [0.1, 0.15) is 11.9 Å². The molecule has 1 aromatic heterocycles. The van der Waals surface area contributed by atoms with Gasteiger partial charge in [-0.25, -0.2) is 14.2 Å². The fourth-order valence-corrected chi connectivity index (χ4v) is 5.07. The number of aliphatic imine (C=N–C) groups is 1. The number of fused-ring (bicyclic) bond motifs is 1. The van der Waals surface area contributed by atoms with Gasteiger partial charge in [-0.3, -0.25) is 4.99 Å². The minimum atomic E-state index is -0.662. The van der Waals surface area contributed by atoms with E-state index in [0.717, 1.165) is 10.7 Å². The molecule has 0 bridgehead atoms. The molecule has 154 valence electrons. The van der Waals surface area contributed by atoms with E-state index in [1.54, 1.807) is 19.2 Å². The minimum Gasteiger partial charge on any atom is -0.463 e. The molecule has 1 fully saturated rings. The summed E-state index contributed by atoms with van der Waals surface area (Å²) in [5.41, 5.74) is 1.91. The standard InChI is InChI=1S/C21H18BrFN4O2S/c1-2-29-21(28)17-16-9-12(5-6-24)11-27(16)19(20-25-7-8-30-20)26-18(17)14-4-3-13(23)10-15(14)22/h3-4,7-8,10,12,18H,2,5,9,11H2,1H3/t12-,18-/m1/s1. The lowest BCUT2D eigenvalue weighted by molar-refractivity contribution is -0.139. The summed E-state index contributed by atoms with van der Waals surface area (Å²) in [5, 5.41) is 11.8. The highest BCUT2D eigenvalue weighted by atomic mass is 79.9. The average Bonchev–Trinajstić information content (AvgIpc) is 3.37. The monoisotopic (exact) mass is 488 g/mol. The van der Waals surface area contributed by atoms with Crippen LogP contribution in [0, 0.1) is 23.1 Å². The lowest BCUT2D eigenvalue weighted by atomic mass is 9.93. The zero-order chi connectivity index (χ0) is 21.3. The summed E-state index contributed by atoms with van der Waals surface area (Å²) in [6.07, 6.45) is 2.66. The Morgan fingerprint density at radius 2 is 2.33 bits per heavy atom. The topological polar surface area (TPSA) is 78.6 Å². The Morgan fingerprint density at radius 3 is 3.00 bits per heavy atom. The number of halogens is 2. The van der Waals surface area contributed by atoms with Crippen LogP contribution in [0.1, 0.15) is 36.4 Å². The summed E-state index contributed by atoms with van der Waals surface area (Å²) >= 11 is 4.88. The number of carbonyl (C=O) groups excluding carboxylic acids is 1. The molecule has 2 aromatic rings. The normalized spacial score (nSPS) is 20.6. The molecule has 0 unspecified atom stereocenters. The summed E-state index contributed by atoms with van der Waals surface area (Å²) in [5.74, 6) is -0.0875. The molecule has 9 heteroatoms. The number of ether oxygens (including phenoxy) is 1. The number of allylic oxidation sites excluding steroid dienone is 1. The Hall–Kier alpha value is -2.57. The zero-order valence-electron chi connectivity index (χ0n) is 16.1. The molecule has 2 aliphatic heterocycles. The van der Waals surface area contributed by atoms with E-state index in [1.807, 2.05) is 10.3 Å². The van der Waals surface area contributed by atoms with Gasteiger partial charge in [-0.15, -0.1) is 11.3 Å². The SMILES string of the molecule is CCOC(=O)C1=C2C[C@@H](CC#N)CN2C(c2nccs2)=N[C@@H]1c1ccc(F)cc1Br. The van der Waals surface area contributed by atoms with Gasteiger partial charge in [-0.2, -0.15) is 5.26 Å². The number of nitrogens with zero attached hydrogens (tertiary/aromatic N) is 4. The van der Waals surface area contributed by atoms with E-state index in [4.69, 9.17) is 9.73 Å². The van der Waals surface area contributed by atoms with Crippen molar-refractivity contribution in [1.29, 1.82) is 5.26 Å². The third-order valence-corrected chi connectivity index (χ3v) is 6.55. The van der Waals surface area contributed by atoms with Gasteiger partial charge in [0.2, 0.25) is 0 Å². The van der Waals surface area contributed by atoms with E-state index in [-0.39, 0.29) is 18.3 Å². The predicted octanol–water partition coefficient (Wildman–Crippen LogP) is 4.60. The first kappa shape index (κ1) is 20.7. The maximum atomic E-state index is 13.7. The Morgan fingerprint density at radius 1 is 1.50 bits per heavy atom. The van der Waals surface area contributed by atoms with Gasteiger partial charge in [-0.05, 0) is 37.0 Å². The molecular formula is C21H18BrFN4O2S. The quantitative estimate of drug-likeness (QED) is 0.574. The van der Waals surface area contributed by atoms with Crippen molar-refractivity contribution in [2.75, 3.05) is 13.2 Å². The van der Waals surface area contributed by atoms with Gasteiger partial charge in [0.05, 0.1) is 18.2 Å². The third kappa shape index (κ3) is 3.77. The number of aromatic nitrogens is 1. The van der Waals surface area contributed by atoms with Gasteiger partial charge >= 0.3 is 5.97 Å². The number of thiazole rings is 1. The Labute approximate surface area is 185 Å². The van der Waals surface area contributed by atoms with Crippen LogP contribution in [0.5, 0.6) is 0 Å². The predicted molar refractivity (Wildman–Crippen MR) is 114 cm³/mol. The molecule has 0 radical (unpaired) electrons. The first-order chi connectivity index (χ1) is 14.5. The molecule has 1 aromatic carbocycles. The summed E-state index contributed by atoms with van der Waals surface area (Å²) in [6, 6.07) is 5.91. The Kier molecular flexibility index (Phi) is 5.97. The molecule has 4 rings (SSSR count). The van der Waals surface area contributed by atoms with Crippen LogP contribution in [-0.2, 0) is 9.53 Å². The van der Waals surface area contributed by atoms with Gasteiger partial charge in [-0.1, -0.05) is 22.0 Å². The smallest absolute Gasteiger partial charge is 0.338 e. The lowest BCUT2D eigenvalue weighted by Gasteiger charge is -2.32. The molecular weight excluding hydrogens is 471 g/mol. The Balaban J connectivity index is 1.90. The largest absolute Gasteiger partial charge is 0.463 e. The van der Waals surface area contributed by atoms with Crippen molar-refractivity contribution >= 4 is 39.1 Å². The second-order valence-corrected chi connectivity index (χ2v) is 8.73. The van der Waals surface area contributed by atoms with E-state index in [0.29, 0.717) is 40.8 Å². The number of amidine groups is 1. The average molecular weight is 489 g/mol. The van der Waals surface area contributed by atoms with E-state index in [1.165, 1.54) is 23.5 Å². The van der Waals surface area contributed by atoms with Crippen molar-refractivity contribution in [3.63, 3.8) is 0 Å². The third-order valence-electron chi connectivity index (χ3n) is 5.10. The Bertz CT molecular complexity index is 1080. The van der Waals surface area contributed by atoms with Crippen LogP contribution in [0.2, 0.25) is 0 Å². The maximum Gasteiger partial charge on any atom is 0.338 e. The van der Waals surface area contributed by atoms with Crippen molar-refractivity contribution in [1.82, 2.24) is 9.88 Å². The molecule has 6 nitrogen and oxygen atoms in total.